The molecule has 9 heteroatoms. The number of likely N-dealkylation sites (N-methyl/N-ethyl adjacent to an activating group) is 1. The zero-order valence-electron chi connectivity index (χ0n) is 15.6. The molecule has 0 saturated carbocycles. The van der Waals surface area contributed by atoms with Crippen LogP contribution in [-0.2, 0) is 6.54 Å². The van der Waals surface area contributed by atoms with Crippen molar-refractivity contribution in [2.45, 2.75) is 39.2 Å². The van der Waals surface area contributed by atoms with E-state index in [2.05, 4.69) is 46.2 Å². The first-order valence-electron chi connectivity index (χ1n) is 8.25. The number of benzene rings is 1. The molecule has 1 rings (SSSR count). The van der Waals surface area contributed by atoms with Crippen LogP contribution in [0.3, 0.4) is 0 Å². The van der Waals surface area contributed by atoms with Crippen LogP contribution >= 0.6 is 24.0 Å². The number of guanidine groups is 1. The number of hydrogen-bond acceptors (Lipinski definition) is 3. The van der Waals surface area contributed by atoms with Gasteiger partial charge in [-0.25, -0.2) is 0 Å². The molecule has 0 heterocycles. The predicted molar refractivity (Wildman–Crippen MR) is 109 cm³/mol. The van der Waals surface area contributed by atoms with Gasteiger partial charge in [-0.05, 0) is 26.5 Å². The molecule has 0 aromatic heterocycles. The topological polar surface area (TPSA) is 48.9 Å². The van der Waals surface area contributed by atoms with Crippen molar-refractivity contribution < 1.29 is 17.9 Å². The lowest BCUT2D eigenvalue weighted by atomic mass is 10.2. The third-order valence-corrected chi connectivity index (χ3v) is 3.97. The second-order valence-electron chi connectivity index (χ2n) is 5.75. The molecule has 0 saturated heterocycles. The van der Waals surface area contributed by atoms with Gasteiger partial charge in [-0.2, -0.15) is 0 Å². The van der Waals surface area contributed by atoms with Crippen LogP contribution in [0.4, 0.5) is 13.2 Å². The van der Waals surface area contributed by atoms with Crippen LogP contribution in [0.25, 0.3) is 0 Å². The van der Waals surface area contributed by atoms with Crippen molar-refractivity contribution in [3.8, 4) is 5.75 Å². The molecule has 2 N–H and O–H groups in total. The van der Waals surface area contributed by atoms with Crippen molar-refractivity contribution in [1.29, 1.82) is 0 Å². The average molecular weight is 488 g/mol. The summed E-state index contributed by atoms with van der Waals surface area (Å²) in [4.78, 5) is 6.31. The summed E-state index contributed by atoms with van der Waals surface area (Å²) in [6, 6.07) is 6.53. The lowest BCUT2D eigenvalue weighted by molar-refractivity contribution is -0.274. The Morgan fingerprint density at radius 2 is 1.92 bits per heavy atom. The predicted octanol–water partition coefficient (Wildman–Crippen LogP) is 3.60. The Labute approximate surface area is 170 Å². The van der Waals surface area contributed by atoms with E-state index in [4.69, 9.17) is 0 Å². The first-order chi connectivity index (χ1) is 11.8. The smallest absolute Gasteiger partial charge is 0.405 e. The molecule has 0 aliphatic rings. The maximum Gasteiger partial charge on any atom is 0.573 e. The van der Waals surface area contributed by atoms with Gasteiger partial charge in [0.2, 0.25) is 0 Å². The van der Waals surface area contributed by atoms with Crippen molar-refractivity contribution in [3.05, 3.63) is 29.8 Å². The van der Waals surface area contributed by atoms with Gasteiger partial charge in [0.25, 0.3) is 0 Å². The molecule has 0 spiro atoms. The van der Waals surface area contributed by atoms with Crippen molar-refractivity contribution in [2.24, 2.45) is 4.99 Å². The van der Waals surface area contributed by atoms with Crippen LogP contribution in [0.2, 0.25) is 0 Å². The summed E-state index contributed by atoms with van der Waals surface area (Å²) in [7, 11) is 3.67. The molecule has 0 aliphatic carbocycles. The Morgan fingerprint density at radius 3 is 2.50 bits per heavy atom. The Balaban J connectivity index is 0.00000625. The van der Waals surface area contributed by atoms with E-state index >= 15 is 0 Å². The van der Waals surface area contributed by atoms with Gasteiger partial charge < -0.3 is 20.3 Å². The number of nitrogens with zero attached hydrogens (tertiary/aromatic N) is 2. The van der Waals surface area contributed by atoms with Gasteiger partial charge in [0.1, 0.15) is 5.75 Å². The van der Waals surface area contributed by atoms with E-state index in [1.807, 2.05) is 0 Å². The molecular formula is C17H28F3IN4O. The summed E-state index contributed by atoms with van der Waals surface area (Å²) in [5.74, 6) is 0.314. The van der Waals surface area contributed by atoms with Gasteiger partial charge in [0.15, 0.2) is 5.96 Å². The Morgan fingerprint density at radius 1 is 1.27 bits per heavy atom. The molecule has 26 heavy (non-hydrogen) atoms. The fourth-order valence-corrected chi connectivity index (χ4v) is 2.16. The third kappa shape index (κ3) is 9.46. The van der Waals surface area contributed by atoms with Crippen LogP contribution < -0.4 is 15.4 Å². The Kier molecular flexibility index (Phi) is 11.6. The van der Waals surface area contributed by atoms with E-state index in [-0.39, 0.29) is 36.3 Å². The highest BCUT2D eigenvalue weighted by Gasteiger charge is 2.31. The molecule has 0 aliphatic heterocycles. The normalized spacial score (nSPS) is 13.2. The van der Waals surface area contributed by atoms with Crippen LogP contribution in [0.15, 0.2) is 29.3 Å². The molecule has 5 nitrogen and oxygen atoms in total. The van der Waals surface area contributed by atoms with Crippen molar-refractivity contribution in [2.75, 3.05) is 27.2 Å². The third-order valence-electron chi connectivity index (χ3n) is 3.97. The summed E-state index contributed by atoms with van der Waals surface area (Å²) < 4.78 is 41.4. The zero-order chi connectivity index (χ0) is 18.9. The standard InChI is InChI=1S/C17H27F3N4O.HI/c1-5-13(2)24(4)11-10-22-16(21-3)23-12-14-8-6-7-9-15(14)25-17(18,19)20;/h6-9,13H,5,10-12H2,1-4H3,(H2,21,22,23);1H. The van der Waals surface area contributed by atoms with E-state index < -0.39 is 6.36 Å². The number of halogens is 4. The minimum absolute atomic E-state index is 0. The van der Waals surface area contributed by atoms with E-state index in [1.54, 1.807) is 19.2 Å². The molecular weight excluding hydrogens is 460 g/mol. The van der Waals surface area contributed by atoms with Gasteiger partial charge in [-0.1, -0.05) is 25.1 Å². The van der Waals surface area contributed by atoms with Crippen LogP contribution in [-0.4, -0.2) is 50.4 Å². The number of para-hydroxylation sites is 1. The second-order valence-corrected chi connectivity index (χ2v) is 5.75. The fraction of sp³-hybridized carbons (Fsp3) is 0.588. The maximum atomic E-state index is 12.4. The zero-order valence-corrected chi connectivity index (χ0v) is 17.9. The van der Waals surface area contributed by atoms with E-state index in [0.717, 1.165) is 13.0 Å². The van der Waals surface area contributed by atoms with E-state index in [1.165, 1.54) is 12.1 Å². The number of rotatable bonds is 8. The first-order valence-corrected chi connectivity index (χ1v) is 8.25. The second kappa shape index (κ2) is 12.2. The SMILES string of the molecule is CCC(C)N(C)CCNC(=NC)NCc1ccccc1OC(F)(F)F.I. The van der Waals surface area contributed by atoms with Gasteiger partial charge in [-0.3, -0.25) is 4.99 Å². The summed E-state index contributed by atoms with van der Waals surface area (Å²) >= 11 is 0. The van der Waals surface area contributed by atoms with Crippen LogP contribution in [0.1, 0.15) is 25.8 Å². The largest absolute Gasteiger partial charge is 0.573 e. The molecule has 1 atom stereocenters. The minimum Gasteiger partial charge on any atom is -0.405 e. The van der Waals surface area contributed by atoms with Gasteiger partial charge in [0.05, 0.1) is 0 Å². The van der Waals surface area contributed by atoms with Crippen molar-refractivity contribution >= 4 is 29.9 Å². The van der Waals surface area contributed by atoms with Crippen LogP contribution in [0.5, 0.6) is 5.75 Å². The van der Waals surface area contributed by atoms with E-state index in [9.17, 15) is 13.2 Å². The van der Waals surface area contributed by atoms with Gasteiger partial charge in [0, 0.05) is 38.3 Å². The molecule has 1 unspecified atom stereocenters. The fourth-order valence-electron chi connectivity index (χ4n) is 2.16. The number of alkyl halides is 3. The molecule has 1 aromatic rings. The number of ether oxygens (including phenoxy) is 1. The first kappa shape index (κ1) is 24.8. The molecule has 0 fully saturated rings. The monoisotopic (exact) mass is 488 g/mol. The quantitative estimate of drug-likeness (QED) is 0.334. The molecule has 0 radical (unpaired) electrons. The van der Waals surface area contributed by atoms with Crippen LogP contribution in [0, 0.1) is 0 Å². The maximum absolute atomic E-state index is 12.4. The van der Waals surface area contributed by atoms with Gasteiger partial charge in [-0.15, -0.1) is 37.1 Å². The Hall–Kier alpha value is -1.23. The molecule has 0 bridgehead atoms. The van der Waals surface area contributed by atoms with Gasteiger partial charge >= 0.3 is 6.36 Å². The number of nitrogens with one attached hydrogen (secondary N) is 2. The molecule has 0 amide bonds. The number of aliphatic imine (C=N–C) groups is 1. The average Bonchev–Trinajstić information content (AvgIpc) is 2.56. The summed E-state index contributed by atoms with van der Waals surface area (Å²) in [5.41, 5.74) is 0.402. The van der Waals surface area contributed by atoms with Crippen molar-refractivity contribution in [1.82, 2.24) is 15.5 Å². The Bertz CT molecular complexity index is 555. The van der Waals surface area contributed by atoms with E-state index in [0.29, 0.717) is 24.1 Å². The lowest BCUT2D eigenvalue weighted by Gasteiger charge is -2.24. The highest BCUT2D eigenvalue weighted by atomic mass is 127. The lowest BCUT2D eigenvalue weighted by Crippen LogP contribution is -2.42. The molecule has 1 aromatic carbocycles. The summed E-state index contributed by atoms with van der Waals surface area (Å²) in [5, 5.41) is 6.15. The van der Waals surface area contributed by atoms with Crippen molar-refractivity contribution in [3.63, 3.8) is 0 Å². The molecule has 150 valence electrons. The highest BCUT2D eigenvalue weighted by molar-refractivity contribution is 14.0. The highest BCUT2D eigenvalue weighted by Crippen LogP contribution is 2.25. The summed E-state index contributed by atoms with van der Waals surface area (Å²) in [6.45, 7) is 5.98. The minimum atomic E-state index is -4.71. The number of hydrogen-bond donors (Lipinski definition) is 2. The summed E-state index contributed by atoms with van der Waals surface area (Å²) in [6.07, 6.45) is -3.64.